The number of nitrogens with one attached hydrogen (secondary N) is 1. The van der Waals surface area contributed by atoms with Crippen molar-refractivity contribution in [3.8, 4) is 5.75 Å². The number of aromatic nitrogens is 3. The van der Waals surface area contributed by atoms with E-state index >= 15 is 0 Å². The van der Waals surface area contributed by atoms with Crippen LogP contribution in [-0.4, -0.2) is 33.3 Å². The van der Waals surface area contributed by atoms with Gasteiger partial charge in [0.1, 0.15) is 18.4 Å². The maximum atomic E-state index is 11.8. The first-order chi connectivity index (χ1) is 10.0. The summed E-state index contributed by atoms with van der Waals surface area (Å²) in [4.78, 5) is 15.6. The Hall–Kier alpha value is -1.79. The van der Waals surface area contributed by atoms with Crippen LogP contribution in [0.25, 0.3) is 0 Å². The van der Waals surface area contributed by atoms with E-state index in [1.807, 2.05) is 6.92 Å². The Balaban J connectivity index is 1.79. The minimum absolute atomic E-state index is 0.0919. The molecule has 0 fully saturated rings. The molecule has 2 rings (SSSR count). The van der Waals surface area contributed by atoms with Crippen molar-refractivity contribution in [1.29, 1.82) is 0 Å². The zero-order chi connectivity index (χ0) is 15.2. The molecule has 1 amide bonds. The second kappa shape index (κ2) is 7.28. The molecule has 8 heteroatoms. The van der Waals surface area contributed by atoms with Crippen molar-refractivity contribution in [2.24, 2.45) is 0 Å². The van der Waals surface area contributed by atoms with Crippen molar-refractivity contribution in [3.63, 3.8) is 0 Å². The van der Waals surface area contributed by atoms with Crippen molar-refractivity contribution in [2.45, 2.75) is 19.5 Å². The number of nitrogens with zero attached hydrogens (tertiary/aromatic N) is 3. The van der Waals surface area contributed by atoms with Gasteiger partial charge < -0.3 is 10.1 Å². The molecule has 0 bridgehead atoms. The Labute approximate surface area is 132 Å². The van der Waals surface area contributed by atoms with Gasteiger partial charge in [-0.3, -0.25) is 9.48 Å². The highest BCUT2D eigenvalue weighted by Gasteiger charge is 2.09. The summed E-state index contributed by atoms with van der Waals surface area (Å²) in [7, 11) is 0. The number of hydrogen-bond acceptors (Lipinski definition) is 4. The van der Waals surface area contributed by atoms with Crippen molar-refractivity contribution in [1.82, 2.24) is 20.1 Å². The molecule has 0 spiro atoms. The lowest BCUT2D eigenvalue weighted by Crippen LogP contribution is -2.38. The van der Waals surface area contributed by atoms with Gasteiger partial charge in [0.15, 0.2) is 6.61 Å². The fourth-order valence-electron chi connectivity index (χ4n) is 1.73. The van der Waals surface area contributed by atoms with Crippen LogP contribution in [0.5, 0.6) is 5.75 Å². The van der Waals surface area contributed by atoms with Gasteiger partial charge in [0.05, 0.1) is 6.54 Å². The summed E-state index contributed by atoms with van der Waals surface area (Å²) >= 11 is 11.7. The molecule has 1 aromatic heterocycles. The number of carbonyl (C=O) groups excluding carboxylic acids is 1. The first-order valence-corrected chi connectivity index (χ1v) is 6.99. The van der Waals surface area contributed by atoms with Gasteiger partial charge in [0.25, 0.3) is 5.91 Å². The number of carbonyl (C=O) groups is 1. The molecule has 1 atom stereocenters. The summed E-state index contributed by atoms with van der Waals surface area (Å²) in [6.45, 7) is 2.29. The molecule has 0 aliphatic rings. The maximum absolute atomic E-state index is 11.8. The molecule has 1 aromatic carbocycles. The molecule has 112 valence electrons. The quantitative estimate of drug-likeness (QED) is 0.882. The van der Waals surface area contributed by atoms with Gasteiger partial charge in [-0.1, -0.05) is 23.2 Å². The molecular weight excluding hydrogens is 315 g/mol. The molecule has 0 aliphatic carbocycles. The molecule has 6 nitrogen and oxygen atoms in total. The highest BCUT2D eigenvalue weighted by atomic mass is 35.5. The molecule has 2 aromatic rings. The van der Waals surface area contributed by atoms with Crippen LogP contribution in [0.3, 0.4) is 0 Å². The van der Waals surface area contributed by atoms with E-state index in [2.05, 4.69) is 15.4 Å². The third-order valence-corrected chi connectivity index (χ3v) is 2.98. The average molecular weight is 329 g/mol. The molecule has 0 saturated carbocycles. The summed E-state index contributed by atoms with van der Waals surface area (Å²) in [5.74, 6) is 0.213. The number of hydrogen-bond donors (Lipinski definition) is 1. The topological polar surface area (TPSA) is 69.0 Å². The van der Waals surface area contributed by atoms with Crippen LogP contribution in [0, 0.1) is 0 Å². The molecule has 0 saturated heterocycles. The Kier molecular flexibility index (Phi) is 5.41. The standard InChI is InChI=1S/C13H14Cl2N4O2/c1-9(5-19-8-16-7-17-19)18-13(20)6-21-12-3-10(14)2-11(15)4-12/h2-4,7-9H,5-6H2,1H3,(H,18,20)/t9-/m1/s1. The Morgan fingerprint density at radius 3 is 2.71 bits per heavy atom. The van der Waals surface area contributed by atoms with E-state index in [1.165, 1.54) is 6.33 Å². The second-order valence-corrected chi connectivity index (χ2v) is 5.35. The van der Waals surface area contributed by atoms with Crippen LogP contribution in [0.4, 0.5) is 0 Å². The number of amides is 1. The Morgan fingerprint density at radius 1 is 1.38 bits per heavy atom. The number of benzene rings is 1. The van der Waals surface area contributed by atoms with Crippen molar-refractivity contribution < 1.29 is 9.53 Å². The van der Waals surface area contributed by atoms with Gasteiger partial charge in [0.2, 0.25) is 0 Å². The lowest BCUT2D eigenvalue weighted by atomic mass is 10.3. The summed E-state index contributed by atoms with van der Waals surface area (Å²) in [6, 6.07) is 4.70. The van der Waals surface area contributed by atoms with Crippen molar-refractivity contribution in [3.05, 3.63) is 40.9 Å². The van der Waals surface area contributed by atoms with Gasteiger partial charge >= 0.3 is 0 Å². The molecule has 0 unspecified atom stereocenters. The molecular formula is C13H14Cl2N4O2. The Morgan fingerprint density at radius 2 is 2.10 bits per heavy atom. The van der Waals surface area contributed by atoms with Gasteiger partial charge in [-0.25, -0.2) is 4.98 Å². The van der Waals surface area contributed by atoms with Crippen LogP contribution in [0.15, 0.2) is 30.9 Å². The fraction of sp³-hybridized carbons (Fsp3) is 0.308. The minimum Gasteiger partial charge on any atom is -0.484 e. The van der Waals surface area contributed by atoms with E-state index in [4.69, 9.17) is 27.9 Å². The molecule has 0 radical (unpaired) electrons. The van der Waals surface area contributed by atoms with Gasteiger partial charge in [-0.2, -0.15) is 5.10 Å². The lowest BCUT2D eigenvalue weighted by Gasteiger charge is -2.14. The van der Waals surface area contributed by atoms with Crippen molar-refractivity contribution in [2.75, 3.05) is 6.61 Å². The predicted octanol–water partition coefficient (Wildman–Crippen LogP) is 2.17. The highest BCUT2D eigenvalue weighted by molar-refractivity contribution is 6.34. The molecule has 0 aliphatic heterocycles. The van der Waals surface area contributed by atoms with Crippen LogP contribution in [-0.2, 0) is 11.3 Å². The molecule has 21 heavy (non-hydrogen) atoms. The zero-order valence-corrected chi connectivity index (χ0v) is 12.8. The third-order valence-electron chi connectivity index (χ3n) is 2.54. The van der Waals surface area contributed by atoms with E-state index in [0.717, 1.165) is 0 Å². The van der Waals surface area contributed by atoms with E-state index in [-0.39, 0.29) is 18.6 Å². The fourth-order valence-corrected chi connectivity index (χ4v) is 2.24. The smallest absolute Gasteiger partial charge is 0.258 e. The van der Waals surface area contributed by atoms with E-state index in [0.29, 0.717) is 22.3 Å². The van der Waals surface area contributed by atoms with Crippen LogP contribution < -0.4 is 10.1 Å². The molecule has 1 N–H and O–H groups in total. The zero-order valence-electron chi connectivity index (χ0n) is 11.3. The first kappa shape index (κ1) is 15.6. The van der Waals surface area contributed by atoms with E-state index in [9.17, 15) is 4.79 Å². The Bertz CT molecular complexity index is 584. The number of rotatable bonds is 6. The minimum atomic E-state index is -0.237. The van der Waals surface area contributed by atoms with Crippen molar-refractivity contribution >= 4 is 29.1 Å². The summed E-state index contributed by atoms with van der Waals surface area (Å²) < 4.78 is 6.99. The lowest BCUT2D eigenvalue weighted by molar-refractivity contribution is -0.123. The summed E-state index contributed by atoms with van der Waals surface area (Å²) in [5.41, 5.74) is 0. The molecule has 1 heterocycles. The van der Waals surface area contributed by atoms with E-state index in [1.54, 1.807) is 29.2 Å². The largest absolute Gasteiger partial charge is 0.484 e. The summed E-state index contributed by atoms with van der Waals surface area (Å²) in [6.07, 6.45) is 3.04. The normalized spacial score (nSPS) is 12.0. The third kappa shape index (κ3) is 5.24. The van der Waals surface area contributed by atoms with E-state index < -0.39 is 0 Å². The average Bonchev–Trinajstić information content (AvgIpc) is 2.88. The first-order valence-electron chi connectivity index (χ1n) is 6.23. The SMILES string of the molecule is C[C@H](Cn1cncn1)NC(=O)COc1cc(Cl)cc(Cl)c1. The van der Waals surface area contributed by atoms with Gasteiger partial charge in [0, 0.05) is 16.1 Å². The van der Waals surface area contributed by atoms with Gasteiger partial charge in [-0.05, 0) is 25.1 Å². The van der Waals surface area contributed by atoms with Gasteiger partial charge in [-0.15, -0.1) is 0 Å². The highest BCUT2D eigenvalue weighted by Crippen LogP contribution is 2.23. The van der Waals surface area contributed by atoms with Crippen LogP contribution in [0.1, 0.15) is 6.92 Å². The van der Waals surface area contributed by atoms with Crippen LogP contribution >= 0.6 is 23.2 Å². The monoisotopic (exact) mass is 328 g/mol. The predicted molar refractivity (Wildman–Crippen MR) is 79.6 cm³/mol. The number of halogens is 2. The summed E-state index contributed by atoms with van der Waals surface area (Å²) in [5, 5.41) is 7.68. The maximum Gasteiger partial charge on any atom is 0.258 e. The number of ether oxygens (including phenoxy) is 1. The second-order valence-electron chi connectivity index (χ2n) is 4.48. The van der Waals surface area contributed by atoms with Crippen LogP contribution in [0.2, 0.25) is 10.0 Å².